The van der Waals surface area contributed by atoms with Crippen LogP contribution in [0.15, 0.2) is 42.5 Å². The topological polar surface area (TPSA) is 67.9 Å². The lowest BCUT2D eigenvalue weighted by Crippen LogP contribution is -2.36. The largest absolute Gasteiger partial charge is 0.454 e. The third-order valence-electron chi connectivity index (χ3n) is 3.65. The van der Waals surface area contributed by atoms with E-state index in [0.29, 0.717) is 22.9 Å². The maximum absolute atomic E-state index is 12.3. The number of rotatable bonds is 4. The molecule has 0 aliphatic carbocycles. The molecule has 0 spiro atoms. The lowest BCUT2D eigenvalue weighted by Gasteiger charge is -2.21. The maximum atomic E-state index is 12.3. The highest BCUT2D eigenvalue weighted by molar-refractivity contribution is 6.01. The zero-order valence-electron chi connectivity index (χ0n) is 13.5. The first-order chi connectivity index (χ1) is 11.5. The van der Waals surface area contributed by atoms with Crippen LogP contribution in [-0.4, -0.2) is 25.2 Å². The summed E-state index contributed by atoms with van der Waals surface area (Å²) >= 11 is 0. The Morgan fingerprint density at radius 3 is 2.67 bits per heavy atom. The quantitative estimate of drug-likeness (QED) is 0.938. The van der Waals surface area contributed by atoms with Crippen LogP contribution in [0.5, 0.6) is 11.5 Å². The molecule has 3 rings (SSSR count). The molecule has 1 aliphatic heterocycles. The molecule has 0 fully saturated rings. The van der Waals surface area contributed by atoms with Crippen LogP contribution in [0.4, 0.5) is 11.4 Å². The van der Waals surface area contributed by atoms with Gasteiger partial charge in [-0.3, -0.25) is 9.59 Å². The van der Waals surface area contributed by atoms with E-state index >= 15 is 0 Å². The molecule has 0 unspecified atom stereocenters. The molecule has 0 atom stereocenters. The normalized spacial score (nSPS) is 11.9. The van der Waals surface area contributed by atoms with Crippen molar-refractivity contribution < 1.29 is 19.1 Å². The van der Waals surface area contributed by atoms with Crippen LogP contribution in [0.25, 0.3) is 0 Å². The highest BCUT2D eigenvalue weighted by atomic mass is 16.7. The highest BCUT2D eigenvalue weighted by Crippen LogP contribution is 2.34. The van der Waals surface area contributed by atoms with Crippen molar-refractivity contribution in [3.63, 3.8) is 0 Å². The van der Waals surface area contributed by atoms with Crippen molar-refractivity contribution in [3.05, 3.63) is 48.0 Å². The Balaban J connectivity index is 1.71. The second-order valence-electron chi connectivity index (χ2n) is 5.56. The van der Waals surface area contributed by atoms with E-state index in [0.717, 1.165) is 5.56 Å². The van der Waals surface area contributed by atoms with Gasteiger partial charge in [-0.25, -0.2) is 0 Å². The van der Waals surface area contributed by atoms with E-state index in [1.807, 2.05) is 31.2 Å². The van der Waals surface area contributed by atoms with Crippen LogP contribution in [0.1, 0.15) is 12.5 Å². The van der Waals surface area contributed by atoms with E-state index < -0.39 is 0 Å². The van der Waals surface area contributed by atoms with E-state index in [-0.39, 0.29) is 25.2 Å². The number of nitrogens with one attached hydrogen (secondary N) is 1. The van der Waals surface area contributed by atoms with E-state index in [2.05, 4.69) is 5.32 Å². The zero-order chi connectivity index (χ0) is 17.1. The molecule has 2 aromatic carbocycles. The third-order valence-corrected chi connectivity index (χ3v) is 3.65. The van der Waals surface area contributed by atoms with Crippen LogP contribution in [0.2, 0.25) is 0 Å². The minimum absolute atomic E-state index is 0.0623. The number of benzene rings is 2. The number of fused-ring (bicyclic) bond motifs is 1. The monoisotopic (exact) mass is 326 g/mol. The molecule has 124 valence electrons. The maximum Gasteiger partial charge on any atom is 0.244 e. The molecule has 0 bridgehead atoms. The fraction of sp³-hybridized carbons (Fsp3) is 0.222. The van der Waals surface area contributed by atoms with Crippen molar-refractivity contribution in [3.8, 4) is 11.5 Å². The van der Waals surface area contributed by atoms with Gasteiger partial charge in [-0.2, -0.15) is 0 Å². The Labute approximate surface area is 140 Å². The first kappa shape index (κ1) is 15.9. The minimum atomic E-state index is -0.287. The summed E-state index contributed by atoms with van der Waals surface area (Å²) in [6, 6.07) is 12.6. The van der Waals surface area contributed by atoms with Crippen molar-refractivity contribution in [1.29, 1.82) is 0 Å². The van der Waals surface area contributed by atoms with Gasteiger partial charge in [0.2, 0.25) is 18.6 Å². The summed E-state index contributed by atoms with van der Waals surface area (Å²) in [5.41, 5.74) is 2.32. The van der Waals surface area contributed by atoms with Crippen LogP contribution in [0.3, 0.4) is 0 Å². The molecule has 0 saturated heterocycles. The third kappa shape index (κ3) is 3.48. The molecule has 2 aromatic rings. The van der Waals surface area contributed by atoms with Gasteiger partial charge in [0, 0.05) is 24.4 Å². The van der Waals surface area contributed by atoms with E-state index in [9.17, 15) is 9.59 Å². The first-order valence-electron chi connectivity index (χ1n) is 7.57. The van der Waals surface area contributed by atoms with E-state index in [1.54, 1.807) is 18.2 Å². The van der Waals surface area contributed by atoms with Gasteiger partial charge in [0.05, 0.1) is 0 Å². The molecule has 6 nitrogen and oxygen atoms in total. The Morgan fingerprint density at radius 2 is 1.92 bits per heavy atom. The number of carbonyl (C=O) groups is 2. The van der Waals surface area contributed by atoms with Gasteiger partial charge in [-0.1, -0.05) is 12.1 Å². The van der Waals surface area contributed by atoms with Gasteiger partial charge >= 0.3 is 0 Å². The highest BCUT2D eigenvalue weighted by Gasteiger charge is 2.18. The molecular formula is C18H18N2O4. The van der Waals surface area contributed by atoms with Gasteiger partial charge in [0.15, 0.2) is 11.5 Å². The lowest BCUT2D eigenvalue weighted by molar-refractivity contribution is -0.120. The van der Waals surface area contributed by atoms with Gasteiger partial charge in [-0.05, 0) is 36.8 Å². The standard InChI is InChI=1S/C18H18N2O4/c1-12-4-3-5-15(8-12)20(13(2)21)10-18(22)19-14-6-7-16-17(9-14)24-11-23-16/h3-9H,10-11H2,1-2H3,(H,19,22). The van der Waals surface area contributed by atoms with Gasteiger partial charge < -0.3 is 19.7 Å². The molecule has 1 heterocycles. The molecule has 0 saturated carbocycles. The van der Waals surface area contributed by atoms with Crippen molar-refractivity contribution in [2.75, 3.05) is 23.6 Å². The molecule has 0 radical (unpaired) electrons. The average molecular weight is 326 g/mol. The van der Waals surface area contributed by atoms with Crippen molar-refractivity contribution in [2.24, 2.45) is 0 Å². The van der Waals surface area contributed by atoms with Crippen LogP contribution in [-0.2, 0) is 9.59 Å². The second-order valence-corrected chi connectivity index (χ2v) is 5.56. The summed E-state index contributed by atoms with van der Waals surface area (Å²) in [5, 5.41) is 2.77. The zero-order valence-corrected chi connectivity index (χ0v) is 13.5. The first-order valence-corrected chi connectivity index (χ1v) is 7.57. The predicted octanol–water partition coefficient (Wildman–Crippen LogP) is 2.72. The van der Waals surface area contributed by atoms with Crippen LogP contribution >= 0.6 is 0 Å². The fourth-order valence-corrected chi connectivity index (χ4v) is 2.50. The van der Waals surface area contributed by atoms with Crippen LogP contribution < -0.4 is 19.7 Å². The average Bonchev–Trinajstić information content (AvgIpc) is 3.00. The number of hydrogen-bond acceptors (Lipinski definition) is 4. The number of hydrogen-bond donors (Lipinski definition) is 1. The van der Waals surface area contributed by atoms with Gasteiger partial charge in [-0.15, -0.1) is 0 Å². The number of ether oxygens (including phenoxy) is 2. The van der Waals surface area contributed by atoms with Gasteiger partial charge in [0.1, 0.15) is 6.54 Å². The fourth-order valence-electron chi connectivity index (χ4n) is 2.50. The summed E-state index contributed by atoms with van der Waals surface area (Å²) in [6.07, 6.45) is 0. The molecule has 6 heteroatoms. The molecule has 24 heavy (non-hydrogen) atoms. The molecule has 1 N–H and O–H groups in total. The molecular weight excluding hydrogens is 308 g/mol. The SMILES string of the molecule is CC(=O)N(CC(=O)Nc1ccc2c(c1)OCO2)c1cccc(C)c1. The Kier molecular flexibility index (Phi) is 4.37. The minimum Gasteiger partial charge on any atom is -0.454 e. The predicted molar refractivity (Wildman–Crippen MR) is 90.4 cm³/mol. The lowest BCUT2D eigenvalue weighted by atomic mass is 10.2. The summed E-state index contributed by atoms with van der Waals surface area (Å²) < 4.78 is 10.5. The van der Waals surface area contributed by atoms with Crippen molar-refractivity contribution in [1.82, 2.24) is 0 Å². The summed E-state index contributed by atoms with van der Waals surface area (Å²) in [5.74, 6) is 0.764. The van der Waals surface area contributed by atoms with E-state index in [4.69, 9.17) is 9.47 Å². The summed E-state index contributed by atoms with van der Waals surface area (Å²) in [6.45, 7) is 3.50. The van der Waals surface area contributed by atoms with Gasteiger partial charge in [0.25, 0.3) is 0 Å². The smallest absolute Gasteiger partial charge is 0.244 e. The van der Waals surface area contributed by atoms with Crippen molar-refractivity contribution >= 4 is 23.2 Å². The number of aryl methyl sites for hydroxylation is 1. The second kappa shape index (κ2) is 6.62. The Hall–Kier alpha value is -3.02. The summed E-state index contributed by atoms with van der Waals surface area (Å²) in [7, 11) is 0. The van der Waals surface area contributed by atoms with Crippen LogP contribution in [0, 0.1) is 6.92 Å². The van der Waals surface area contributed by atoms with Crippen molar-refractivity contribution in [2.45, 2.75) is 13.8 Å². The molecule has 0 aromatic heterocycles. The number of carbonyl (C=O) groups excluding carboxylic acids is 2. The molecule has 1 aliphatic rings. The Morgan fingerprint density at radius 1 is 1.12 bits per heavy atom. The Bertz CT molecular complexity index is 788. The summed E-state index contributed by atoms with van der Waals surface area (Å²) in [4.78, 5) is 25.7. The number of anilines is 2. The number of nitrogens with zero attached hydrogens (tertiary/aromatic N) is 1. The number of amides is 2. The molecule has 2 amide bonds. The van der Waals surface area contributed by atoms with E-state index in [1.165, 1.54) is 11.8 Å².